The fourth-order valence-electron chi connectivity index (χ4n) is 4.27. The second-order valence-electron chi connectivity index (χ2n) is 8.76. The third-order valence-corrected chi connectivity index (χ3v) is 6.25. The van der Waals surface area contributed by atoms with Crippen molar-refractivity contribution < 1.29 is 13.9 Å². The zero-order valence-electron chi connectivity index (χ0n) is 19.9. The quantitative estimate of drug-likeness (QED) is 0.254. The molecule has 0 saturated carbocycles. The van der Waals surface area contributed by atoms with Crippen molar-refractivity contribution in [2.75, 3.05) is 6.54 Å². The van der Waals surface area contributed by atoms with Crippen molar-refractivity contribution >= 4 is 16.8 Å². The lowest BCUT2D eigenvalue weighted by atomic mass is 10.1. The number of nitrogens with one attached hydrogen (secondary N) is 1. The van der Waals surface area contributed by atoms with Gasteiger partial charge in [0.15, 0.2) is 0 Å². The maximum Gasteiger partial charge on any atom is 0.254 e. The SMILES string of the molecule is O=C(c1ccc(F)cc1)N(CCc1c[nH]c2ccccc12)Cc1ccc(OCc2ccccc2)cc1. The number of carbonyl (C=O) groups excluding carboxylic acids is 1. The van der Waals surface area contributed by atoms with Crippen LogP contribution in [-0.2, 0) is 19.6 Å². The maximum absolute atomic E-state index is 13.4. The van der Waals surface area contributed by atoms with Crippen molar-refractivity contribution in [1.29, 1.82) is 0 Å². The number of fused-ring (bicyclic) bond motifs is 1. The highest BCUT2D eigenvalue weighted by molar-refractivity contribution is 5.94. The van der Waals surface area contributed by atoms with Crippen LogP contribution in [0.1, 0.15) is 27.0 Å². The number of aromatic nitrogens is 1. The number of ether oxygens (including phenoxy) is 1. The molecule has 0 aliphatic heterocycles. The van der Waals surface area contributed by atoms with Crippen LogP contribution in [0.4, 0.5) is 4.39 Å². The summed E-state index contributed by atoms with van der Waals surface area (Å²) in [6.07, 6.45) is 2.71. The van der Waals surface area contributed by atoms with Gasteiger partial charge in [-0.1, -0.05) is 60.7 Å². The summed E-state index contributed by atoms with van der Waals surface area (Å²) in [5.41, 5.74) is 4.81. The Balaban J connectivity index is 1.30. The summed E-state index contributed by atoms with van der Waals surface area (Å²) in [4.78, 5) is 18.5. The van der Waals surface area contributed by atoms with Crippen molar-refractivity contribution in [2.24, 2.45) is 0 Å². The van der Waals surface area contributed by atoms with Gasteiger partial charge in [-0.25, -0.2) is 4.39 Å². The number of rotatable bonds is 9. The predicted octanol–water partition coefficient (Wildman–Crippen LogP) is 6.77. The van der Waals surface area contributed by atoms with Gasteiger partial charge in [0, 0.05) is 35.8 Å². The molecule has 4 aromatic carbocycles. The molecule has 36 heavy (non-hydrogen) atoms. The number of amides is 1. The largest absolute Gasteiger partial charge is 0.489 e. The van der Waals surface area contributed by atoms with Crippen molar-refractivity contribution in [1.82, 2.24) is 9.88 Å². The van der Waals surface area contributed by atoms with Crippen molar-refractivity contribution in [3.8, 4) is 5.75 Å². The van der Waals surface area contributed by atoms with Crippen LogP contribution >= 0.6 is 0 Å². The molecule has 0 fully saturated rings. The van der Waals surface area contributed by atoms with E-state index in [4.69, 9.17) is 4.74 Å². The molecular weight excluding hydrogens is 451 g/mol. The molecule has 0 unspecified atom stereocenters. The number of benzene rings is 4. The van der Waals surface area contributed by atoms with Gasteiger partial charge >= 0.3 is 0 Å². The number of hydrogen-bond acceptors (Lipinski definition) is 2. The minimum atomic E-state index is -0.358. The summed E-state index contributed by atoms with van der Waals surface area (Å²) < 4.78 is 19.3. The van der Waals surface area contributed by atoms with Crippen molar-refractivity contribution in [2.45, 2.75) is 19.6 Å². The molecule has 0 aliphatic carbocycles. The Morgan fingerprint density at radius 2 is 1.53 bits per heavy atom. The lowest BCUT2D eigenvalue weighted by Gasteiger charge is -2.23. The standard InChI is InChI=1S/C31H27FN2O2/c32-27-14-12-25(13-15-27)31(35)34(19-18-26-20-33-30-9-5-4-8-29(26)30)21-23-10-16-28(17-11-23)36-22-24-6-2-1-3-7-24/h1-17,20,33H,18-19,21-22H2. The highest BCUT2D eigenvalue weighted by Crippen LogP contribution is 2.21. The Bertz CT molecular complexity index is 1430. The van der Waals surface area contributed by atoms with E-state index in [2.05, 4.69) is 11.1 Å². The summed E-state index contributed by atoms with van der Waals surface area (Å²) in [5, 5.41) is 1.16. The van der Waals surface area contributed by atoms with Gasteiger partial charge in [-0.05, 0) is 65.6 Å². The van der Waals surface area contributed by atoms with Gasteiger partial charge in [-0.2, -0.15) is 0 Å². The first-order valence-corrected chi connectivity index (χ1v) is 12.0. The summed E-state index contributed by atoms with van der Waals surface area (Å²) in [6, 6.07) is 31.7. The summed E-state index contributed by atoms with van der Waals surface area (Å²) in [7, 11) is 0. The fraction of sp³-hybridized carbons (Fsp3) is 0.129. The first-order chi connectivity index (χ1) is 17.7. The van der Waals surface area contributed by atoms with Gasteiger partial charge < -0.3 is 14.6 Å². The smallest absolute Gasteiger partial charge is 0.254 e. The zero-order valence-corrected chi connectivity index (χ0v) is 19.9. The van der Waals surface area contributed by atoms with E-state index in [1.807, 2.05) is 83.9 Å². The number of nitrogens with zero attached hydrogens (tertiary/aromatic N) is 1. The van der Waals surface area contributed by atoms with E-state index in [1.54, 1.807) is 0 Å². The average molecular weight is 479 g/mol. The number of halogens is 1. The lowest BCUT2D eigenvalue weighted by molar-refractivity contribution is 0.0745. The molecule has 0 spiro atoms. The van der Waals surface area contributed by atoms with Crippen LogP contribution in [0.5, 0.6) is 5.75 Å². The number of H-pyrrole nitrogens is 1. The van der Waals surface area contributed by atoms with Crippen LogP contribution in [0.15, 0.2) is 109 Å². The van der Waals surface area contributed by atoms with Crippen molar-refractivity contribution in [3.05, 3.63) is 137 Å². The molecule has 0 bridgehead atoms. The third-order valence-electron chi connectivity index (χ3n) is 6.25. The maximum atomic E-state index is 13.4. The zero-order chi connectivity index (χ0) is 24.7. The molecule has 5 aromatic rings. The van der Waals surface area contributed by atoms with E-state index < -0.39 is 0 Å². The summed E-state index contributed by atoms with van der Waals surface area (Å²) in [6.45, 7) is 1.47. The van der Waals surface area contributed by atoms with Crippen LogP contribution in [0, 0.1) is 5.82 Å². The molecule has 0 radical (unpaired) electrons. The molecule has 1 aromatic heterocycles. The molecule has 0 atom stereocenters. The van der Waals surface area contributed by atoms with E-state index in [0.29, 0.717) is 31.7 Å². The Morgan fingerprint density at radius 3 is 2.31 bits per heavy atom. The van der Waals surface area contributed by atoms with Gasteiger partial charge in [0.1, 0.15) is 18.2 Å². The van der Waals surface area contributed by atoms with E-state index in [-0.39, 0.29) is 11.7 Å². The monoisotopic (exact) mass is 478 g/mol. The van der Waals surface area contributed by atoms with Gasteiger partial charge in [-0.15, -0.1) is 0 Å². The van der Waals surface area contributed by atoms with Crippen LogP contribution in [-0.4, -0.2) is 22.3 Å². The number of carbonyl (C=O) groups is 1. The molecule has 5 heteroatoms. The molecular formula is C31H27FN2O2. The van der Waals surface area contributed by atoms with Crippen molar-refractivity contribution in [3.63, 3.8) is 0 Å². The molecule has 4 nitrogen and oxygen atoms in total. The molecule has 1 amide bonds. The highest BCUT2D eigenvalue weighted by atomic mass is 19.1. The number of hydrogen-bond donors (Lipinski definition) is 1. The van der Waals surface area contributed by atoms with E-state index in [0.717, 1.165) is 33.3 Å². The molecule has 1 N–H and O–H groups in total. The fourth-order valence-corrected chi connectivity index (χ4v) is 4.27. The van der Waals surface area contributed by atoms with Gasteiger partial charge in [0.05, 0.1) is 0 Å². The Labute approximate surface area is 210 Å². The van der Waals surface area contributed by atoms with Crippen LogP contribution in [0.2, 0.25) is 0 Å². The topological polar surface area (TPSA) is 45.3 Å². The molecule has 0 saturated heterocycles. The molecule has 180 valence electrons. The molecule has 0 aliphatic rings. The first-order valence-electron chi connectivity index (χ1n) is 12.0. The predicted molar refractivity (Wildman–Crippen MR) is 140 cm³/mol. The highest BCUT2D eigenvalue weighted by Gasteiger charge is 2.17. The van der Waals surface area contributed by atoms with Gasteiger partial charge in [-0.3, -0.25) is 4.79 Å². The van der Waals surface area contributed by atoms with Crippen LogP contribution < -0.4 is 4.74 Å². The Kier molecular flexibility index (Phi) is 7.08. The average Bonchev–Trinajstić information content (AvgIpc) is 3.34. The van der Waals surface area contributed by atoms with Gasteiger partial charge in [0.2, 0.25) is 0 Å². The van der Waals surface area contributed by atoms with E-state index in [9.17, 15) is 9.18 Å². The Hall–Kier alpha value is -4.38. The minimum absolute atomic E-state index is 0.126. The van der Waals surface area contributed by atoms with Gasteiger partial charge in [0.25, 0.3) is 5.91 Å². The molecule has 1 heterocycles. The first kappa shape index (κ1) is 23.4. The Morgan fingerprint density at radius 1 is 0.806 bits per heavy atom. The lowest BCUT2D eigenvalue weighted by Crippen LogP contribution is -2.32. The number of aromatic amines is 1. The summed E-state index contributed by atoms with van der Waals surface area (Å²) >= 11 is 0. The van der Waals surface area contributed by atoms with Crippen LogP contribution in [0.25, 0.3) is 10.9 Å². The minimum Gasteiger partial charge on any atom is -0.489 e. The molecule has 5 rings (SSSR count). The third kappa shape index (κ3) is 5.63. The summed E-state index contributed by atoms with van der Waals surface area (Å²) in [5.74, 6) is 0.292. The second-order valence-corrected chi connectivity index (χ2v) is 8.76. The van der Waals surface area contributed by atoms with E-state index >= 15 is 0 Å². The van der Waals surface area contributed by atoms with Crippen LogP contribution in [0.3, 0.4) is 0 Å². The normalized spacial score (nSPS) is 10.9. The number of para-hydroxylation sites is 1. The second kappa shape index (κ2) is 10.9. The van der Waals surface area contributed by atoms with E-state index in [1.165, 1.54) is 24.3 Å².